The van der Waals surface area contributed by atoms with Gasteiger partial charge < -0.3 is 15.6 Å². The number of carbonyl (C=O) groups is 1. The van der Waals surface area contributed by atoms with Gasteiger partial charge in [0.2, 0.25) is 0 Å². The molecule has 3 N–H and O–H groups in total. The molecule has 2 aromatic carbocycles. The van der Waals surface area contributed by atoms with Gasteiger partial charge in [0.25, 0.3) is 0 Å². The fourth-order valence-electron chi connectivity index (χ4n) is 1.74. The number of hydrogen-bond acceptors (Lipinski definition) is 3. The lowest BCUT2D eigenvalue weighted by molar-refractivity contribution is 0.0697. The lowest BCUT2D eigenvalue weighted by Crippen LogP contribution is -2.04. The summed E-state index contributed by atoms with van der Waals surface area (Å²) in [5.74, 6) is 0.0639. The smallest absolute Gasteiger partial charge is 0.337 e. The molecule has 4 heteroatoms. The van der Waals surface area contributed by atoms with Crippen LogP contribution in [-0.2, 0) is 0 Å². The van der Waals surface area contributed by atoms with E-state index in [0.717, 1.165) is 5.56 Å². The molecule has 0 heterocycles. The molecular formula is C15H15NO3. The fourth-order valence-corrected chi connectivity index (χ4v) is 1.74. The highest BCUT2D eigenvalue weighted by Gasteiger charge is 2.12. The van der Waals surface area contributed by atoms with Crippen molar-refractivity contribution in [3.05, 3.63) is 53.1 Å². The van der Waals surface area contributed by atoms with Crippen molar-refractivity contribution in [3.63, 3.8) is 0 Å². The highest BCUT2D eigenvalue weighted by atomic mass is 16.5. The Balaban J connectivity index is 2.35. The predicted octanol–water partition coefficient (Wildman–Crippen LogP) is 3.38. The largest absolute Gasteiger partial charge is 0.478 e. The first kappa shape index (κ1) is 13.0. The van der Waals surface area contributed by atoms with Crippen LogP contribution >= 0.6 is 0 Å². The minimum absolute atomic E-state index is 0.0575. The first-order valence-corrected chi connectivity index (χ1v) is 5.85. The second kappa shape index (κ2) is 5.02. The molecule has 2 rings (SSSR count). The van der Waals surface area contributed by atoms with E-state index in [1.807, 2.05) is 31.2 Å². The SMILES string of the molecule is Cc1ccc(Oc2cc(C)c(N)c(C(=O)O)c2)cc1. The molecule has 0 radical (unpaired) electrons. The van der Waals surface area contributed by atoms with Crippen molar-refractivity contribution in [3.8, 4) is 11.5 Å². The molecule has 0 amide bonds. The molecule has 19 heavy (non-hydrogen) atoms. The normalized spacial score (nSPS) is 10.2. The number of nitrogens with two attached hydrogens (primary N) is 1. The van der Waals surface area contributed by atoms with Crippen LogP contribution in [0.2, 0.25) is 0 Å². The summed E-state index contributed by atoms with van der Waals surface area (Å²) in [6.45, 7) is 3.74. The van der Waals surface area contributed by atoms with Gasteiger partial charge in [0.1, 0.15) is 11.5 Å². The number of aryl methyl sites for hydroxylation is 2. The zero-order valence-electron chi connectivity index (χ0n) is 10.8. The summed E-state index contributed by atoms with van der Waals surface area (Å²) < 4.78 is 5.64. The molecule has 0 aliphatic carbocycles. The highest BCUT2D eigenvalue weighted by Crippen LogP contribution is 2.28. The van der Waals surface area contributed by atoms with Gasteiger partial charge in [-0.1, -0.05) is 17.7 Å². The van der Waals surface area contributed by atoms with Gasteiger partial charge in [0, 0.05) is 5.69 Å². The second-order valence-electron chi connectivity index (χ2n) is 4.42. The first-order valence-electron chi connectivity index (χ1n) is 5.85. The van der Waals surface area contributed by atoms with E-state index in [-0.39, 0.29) is 11.3 Å². The molecule has 98 valence electrons. The van der Waals surface area contributed by atoms with Gasteiger partial charge in [0.05, 0.1) is 5.56 Å². The van der Waals surface area contributed by atoms with Gasteiger partial charge in [-0.25, -0.2) is 4.79 Å². The fraction of sp³-hybridized carbons (Fsp3) is 0.133. The maximum Gasteiger partial charge on any atom is 0.337 e. The van der Waals surface area contributed by atoms with Crippen LogP contribution in [0.5, 0.6) is 11.5 Å². The van der Waals surface area contributed by atoms with E-state index in [2.05, 4.69) is 0 Å². The minimum Gasteiger partial charge on any atom is -0.478 e. The molecule has 0 saturated carbocycles. The van der Waals surface area contributed by atoms with Crippen molar-refractivity contribution < 1.29 is 14.6 Å². The molecule has 0 bridgehead atoms. The van der Waals surface area contributed by atoms with Crippen LogP contribution in [0.4, 0.5) is 5.69 Å². The number of ether oxygens (including phenoxy) is 1. The molecule has 0 aliphatic rings. The Kier molecular flexibility index (Phi) is 3.42. The lowest BCUT2D eigenvalue weighted by Gasteiger charge is -2.10. The summed E-state index contributed by atoms with van der Waals surface area (Å²) in [7, 11) is 0. The molecule has 4 nitrogen and oxygen atoms in total. The standard InChI is InChI=1S/C15H15NO3/c1-9-3-5-11(6-4-9)19-12-7-10(2)14(16)13(8-12)15(17)18/h3-8H,16H2,1-2H3,(H,17,18). The van der Waals surface area contributed by atoms with Gasteiger partial charge in [-0.05, 0) is 43.7 Å². The number of aromatic carboxylic acids is 1. The molecule has 0 unspecified atom stereocenters. The molecule has 2 aromatic rings. The van der Waals surface area contributed by atoms with Gasteiger partial charge in [-0.2, -0.15) is 0 Å². The summed E-state index contributed by atoms with van der Waals surface area (Å²) in [4.78, 5) is 11.1. The van der Waals surface area contributed by atoms with Gasteiger partial charge in [0.15, 0.2) is 0 Å². The Bertz CT molecular complexity index is 618. The van der Waals surface area contributed by atoms with Crippen LogP contribution in [0.25, 0.3) is 0 Å². The third-order valence-corrected chi connectivity index (χ3v) is 2.85. The van der Waals surface area contributed by atoms with Crippen LogP contribution in [0.15, 0.2) is 36.4 Å². The number of rotatable bonds is 3. The van der Waals surface area contributed by atoms with E-state index in [4.69, 9.17) is 15.6 Å². The van der Waals surface area contributed by atoms with Crippen molar-refractivity contribution in [2.75, 3.05) is 5.73 Å². The zero-order valence-corrected chi connectivity index (χ0v) is 10.8. The Morgan fingerprint density at radius 2 is 1.74 bits per heavy atom. The van der Waals surface area contributed by atoms with E-state index in [1.54, 1.807) is 13.0 Å². The van der Waals surface area contributed by atoms with Crippen LogP contribution in [-0.4, -0.2) is 11.1 Å². The van der Waals surface area contributed by atoms with Gasteiger partial charge in [-0.15, -0.1) is 0 Å². The monoisotopic (exact) mass is 257 g/mol. The second-order valence-corrected chi connectivity index (χ2v) is 4.42. The Labute approximate surface area is 111 Å². The number of anilines is 1. The summed E-state index contributed by atoms with van der Waals surface area (Å²) >= 11 is 0. The third kappa shape index (κ3) is 2.85. The molecule has 0 saturated heterocycles. The van der Waals surface area contributed by atoms with Gasteiger partial charge >= 0.3 is 5.97 Å². The summed E-state index contributed by atoms with van der Waals surface area (Å²) in [5, 5.41) is 9.08. The molecule has 0 aliphatic heterocycles. The average molecular weight is 257 g/mol. The molecular weight excluding hydrogens is 242 g/mol. The molecule has 0 atom stereocenters. The Morgan fingerprint density at radius 1 is 1.11 bits per heavy atom. The number of nitrogen functional groups attached to an aromatic ring is 1. The number of carboxylic acids is 1. The van der Waals surface area contributed by atoms with E-state index in [9.17, 15) is 4.79 Å². The molecule has 0 spiro atoms. The highest BCUT2D eigenvalue weighted by molar-refractivity contribution is 5.95. The Hall–Kier alpha value is -2.49. The third-order valence-electron chi connectivity index (χ3n) is 2.85. The zero-order chi connectivity index (χ0) is 14.0. The Morgan fingerprint density at radius 3 is 2.32 bits per heavy atom. The topological polar surface area (TPSA) is 72.5 Å². The van der Waals surface area contributed by atoms with Crippen LogP contribution in [0.1, 0.15) is 21.5 Å². The van der Waals surface area contributed by atoms with Gasteiger partial charge in [-0.3, -0.25) is 0 Å². The van der Waals surface area contributed by atoms with Crippen LogP contribution < -0.4 is 10.5 Å². The quantitative estimate of drug-likeness (QED) is 0.827. The van der Waals surface area contributed by atoms with Crippen LogP contribution in [0, 0.1) is 13.8 Å². The van der Waals surface area contributed by atoms with E-state index in [0.29, 0.717) is 17.1 Å². The maximum atomic E-state index is 11.1. The summed E-state index contributed by atoms with van der Waals surface area (Å²) in [5.41, 5.74) is 7.87. The van der Waals surface area contributed by atoms with Crippen molar-refractivity contribution >= 4 is 11.7 Å². The molecule has 0 aromatic heterocycles. The van der Waals surface area contributed by atoms with Crippen molar-refractivity contribution in [1.82, 2.24) is 0 Å². The lowest BCUT2D eigenvalue weighted by atomic mass is 10.1. The minimum atomic E-state index is -1.06. The molecule has 0 fully saturated rings. The number of hydrogen-bond donors (Lipinski definition) is 2. The number of benzene rings is 2. The summed E-state index contributed by atoms with van der Waals surface area (Å²) in [6.07, 6.45) is 0. The maximum absolute atomic E-state index is 11.1. The van der Waals surface area contributed by atoms with E-state index >= 15 is 0 Å². The van der Waals surface area contributed by atoms with E-state index in [1.165, 1.54) is 6.07 Å². The van der Waals surface area contributed by atoms with Crippen molar-refractivity contribution in [1.29, 1.82) is 0 Å². The number of carboxylic acid groups (broad SMARTS) is 1. The van der Waals surface area contributed by atoms with E-state index < -0.39 is 5.97 Å². The first-order chi connectivity index (χ1) is 8.97. The van der Waals surface area contributed by atoms with Crippen molar-refractivity contribution in [2.24, 2.45) is 0 Å². The predicted molar refractivity (Wildman–Crippen MR) is 73.8 cm³/mol. The van der Waals surface area contributed by atoms with Crippen molar-refractivity contribution in [2.45, 2.75) is 13.8 Å². The summed E-state index contributed by atoms with van der Waals surface area (Å²) in [6, 6.07) is 10.7. The average Bonchev–Trinajstić information content (AvgIpc) is 2.36. The van der Waals surface area contributed by atoms with Crippen LogP contribution in [0.3, 0.4) is 0 Å².